The number of benzene rings is 1. The number of aromatic nitrogens is 4. The van der Waals surface area contributed by atoms with Gasteiger partial charge in [0.1, 0.15) is 0 Å². The molecule has 2 fully saturated rings. The third kappa shape index (κ3) is 3.33. The molecule has 0 amide bonds. The van der Waals surface area contributed by atoms with Crippen LogP contribution in [0.2, 0.25) is 0 Å². The molecule has 2 aromatic rings. The summed E-state index contributed by atoms with van der Waals surface area (Å²) in [5.41, 5.74) is 0.978. The minimum Gasteiger partial charge on any atom is -0.381 e. The van der Waals surface area contributed by atoms with Gasteiger partial charge in [0.25, 0.3) is 0 Å². The van der Waals surface area contributed by atoms with Crippen molar-refractivity contribution in [3.8, 4) is 5.69 Å². The summed E-state index contributed by atoms with van der Waals surface area (Å²) in [7, 11) is 0. The van der Waals surface area contributed by atoms with Crippen LogP contribution < -0.4 is 5.32 Å². The Labute approximate surface area is 141 Å². The minimum atomic E-state index is -0.000477. The largest absolute Gasteiger partial charge is 0.381 e. The predicted octanol–water partition coefficient (Wildman–Crippen LogP) is 1.48. The monoisotopic (exact) mass is 329 g/mol. The minimum absolute atomic E-state index is 0.000477. The lowest BCUT2D eigenvalue weighted by molar-refractivity contribution is -0.140. The van der Waals surface area contributed by atoms with Crippen LogP contribution in [0.25, 0.3) is 5.69 Å². The van der Waals surface area contributed by atoms with Gasteiger partial charge in [-0.15, -0.1) is 5.10 Å². The van der Waals surface area contributed by atoms with Crippen LogP contribution in [-0.2, 0) is 16.0 Å². The zero-order valence-corrected chi connectivity index (χ0v) is 13.7. The number of nitrogens with one attached hydrogen (secondary N) is 1. The quantitative estimate of drug-likeness (QED) is 0.916. The average Bonchev–Trinajstić information content (AvgIpc) is 3.10. The molecular weight excluding hydrogens is 306 g/mol. The van der Waals surface area contributed by atoms with Gasteiger partial charge in [0.15, 0.2) is 5.82 Å². The Balaban J connectivity index is 1.40. The highest BCUT2D eigenvalue weighted by molar-refractivity contribution is 5.30. The summed E-state index contributed by atoms with van der Waals surface area (Å²) in [6.45, 7) is 3.07. The molecule has 1 aromatic heterocycles. The maximum Gasteiger partial charge on any atom is 0.170 e. The van der Waals surface area contributed by atoms with Crippen LogP contribution in [0.5, 0.6) is 0 Å². The van der Waals surface area contributed by atoms with E-state index in [2.05, 4.69) is 20.8 Å². The molecule has 7 nitrogen and oxygen atoms in total. The number of hydrogen-bond donors (Lipinski definition) is 1. The highest BCUT2D eigenvalue weighted by Crippen LogP contribution is 2.34. The fourth-order valence-electron chi connectivity index (χ4n) is 3.62. The Morgan fingerprint density at radius 3 is 2.83 bits per heavy atom. The number of tetrazole rings is 1. The molecule has 1 unspecified atom stereocenters. The Kier molecular flexibility index (Phi) is 4.55. The maximum atomic E-state index is 6.10. The van der Waals surface area contributed by atoms with Crippen molar-refractivity contribution in [1.82, 2.24) is 25.5 Å². The van der Waals surface area contributed by atoms with E-state index < -0.39 is 0 Å². The summed E-state index contributed by atoms with van der Waals surface area (Å²) in [5, 5.41) is 15.7. The lowest BCUT2D eigenvalue weighted by Crippen LogP contribution is -2.49. The molecule has 1 aromatic carbocycles. The van der Waals surface area contributed by atoms with Crippen LogP contribution >= 0.6 is 0 Å². The zero-order chi connectivity index (χ0) is 16.2. The maximum absolute atomic E-state index is 6.10. The third-order valence-corrected chi connectivity index (χ3v) is 4.98. The van der Waals surface area contributed by atoms with Crippen molar-refractivity contribution < 1.29 is 9.47 Å². The molecule has 1 N–H and O–H groups in total. The van der Waals surface area contributed by atoms with Gasteiger partial charge in [-0.05, 0) is 48.2 Å². The number of nitrogens with zero attached hydrogens (tertiary/aromatic N) is 4. The first kappa shape index (κ1) is 15.7. The molecule has 128 valence electrons. The molecule has 4 rings (SSSR count). The van der Waals surface area contributed by atoms with Gasteiger partial charge in [0, 0.05) is 25.9 Å². The molecule has 0 aliphatic carbocycles. The van der Waals surface area contributed by atoms with Crippen LogP contribution in [0.3, 0.4) is 0 Å². The van der Waals surface area contributed by atoms with E-state index in [1.165, 1.54) is 0 Å². The summed E-state index contributed by atoms with van der Waals surface area (Å²) in [4.78, 5) is 0. The predicted molar refractivity (Wildman–Crippen MR) is 87.8 cm³/mol. The van der Waals surface area contributed by atoms with Crippen molar-refractivity contribution in [1.29, 1.82) is 0 Å². The van der Waals surface area contributed by atoms with Gasteiger partial charge < -0.3 is 14.8 Å². The molecule has 24 heavy (non-hydrogen) atoms. The molecule has 2 saturated heterocycles. The van der Waals surface area contributed by atoms with Crippen molar-refractivity contribution in [2.75, 3.05) is 19.8 Å². The van der Waals surface area contributed by atoms with Crippen LogP contribution in [0, 0.1) is 0 Å². The summed E-state index contributed by atoms with van der Waals surface area (Å²) >= 11 is 0. The molecule has 1 spiro atoms. The standard InChI is InChI=1S/C17H23N5O2/c1-2-4-15(5-3-1)22-16(19-20-21-22)13-18-14-6-9-24-17(12-14)7-10-23-11-8-17/h1-5,14,18H,6-13H2. The first-order valence-electron chi connectivity index (χ1n) is 8.62. The van der Waals surface area contributed by atoms with Gasteiger partial charge in [0.2, 0.25) is 0 Å². The fourth-order valence-corrected chi connectivity index (χ4v) is 3.62. The first-order chi connectivity index (χ1) is 11.8. The second-order valence-corrected chi connectivity index (χ2v) is 6.56. The lowest BCUT2D eigenvalue weighted by Gasteiger charge is -2.43. The van der Waals surface area contributed by atoms with Crippen LogP contribution in [-0.4, -0.2) is 51.7 Å². The van der Waals surface area contributed by atoms with E-state index in [-0.39, 0.29) is 5.60 Å². The SMILES string of the molecule is c1ccc(-n2nnnc2CNC2CCOC3(CCOCC3)C2)cc1. The number of ether oxygens (including phenoxy) is 2. The van der Waals surface area contributed by atoms with Crippen molar-refractivity contribution in [3.05, 3.63) is 36.2 Å². The Morgan fingerprint density at radius 1 is 1.17 bits per heavy atom. The smallest absolute Gasteiger partial charge is 0.170 e. The zero-order valence-electron chi connectivity index (χ0n) is 13.7. The Hall–Kier alpha value is -1.83. The van der Waals surface area contributed by atoms with Gasteiger partial charge in [-0.25, -0.2) is 0 Å². The topological polar surface area (TPSA) is 74.1 Å². The fraction of sp³-hybridized carbons (Fsp3) is 0.588. The van der Waals surface area contributed by atoms with E-state index in [1.54, 1.807) is 4.68 Å². The molecule has 0 bridgehead atoms. The summed E-state index contributed by atoms with van der Waals surface area (Å²) in [5.74, 6) is 0.828. The van der Waals surface area contributed by atoms with Gasteiger partial charge >= 0.3 is 0 Å². The van der Waals surface area contributed by atoms with E-state index >= 15 is 0 Å². The Bertz CT molecular complexity index is 649. The molecule has 2 aliphatic heterocycles. The van der Waals surface area contributed by atoms with E-state index in [9.17, 15) is 0 Å². The number of rotatable bonds is 4. The molecule has 0 saturated carbocycles. The van der Waals surface area contributed by atoms with Gasteiger partial charge in [-0.3, -0.25) is 0 Å². The molecular formula is C17H23N5O2. The molecule has 2 aliphatic rings. The first-order valence-corrected chi connectivity index (χ1v) is 8.62. The van der Waals surface area contributed by atoms with Crippen molar-refractivity contribution in [2.45, 2.75) is 43.9 Å². The lowest BCUT2D eigenvalue weighted by atomic mass is 9.84. The molecule has 1 atom stereocenters. The highest BCUT2D eigenvalue weighted by Gasteiger charge is 2.38. The van der Waals surface area contributed by atoms with E-state index in [1.807, 2.05) is 30.3 Å². The Morgan fingerprint density at radius 2 is 2.00 bits per heavy atom. The van der Waals surface area contributed by atoms with E-state index in [0.29, 0.717) is 12.6 Å². The highest BCUT2D eigenvalue weighted by atomic mass is 16.5. The number of hydrogen-bond acceptors (Lipinski definition) is 6. The average molecular weight is 329 g/mol. The van der Waals surface area contributed by atoms with Gasteiger partial charge in [-0.2, -0.15) is 4.68 Å². The number of para-hydroxylation sites is 1. The van der Waals surface area contributed by atoms with Crippen molar-refractivity contribution in [3.63, 3.8) is 0 Å². The summed E-state index contributed by atoms with van der Waals surface area (Å²) < 4.78 is 13.4. The van der Waals surface area contributed by atoms with Gasteiger partial charge in [-0.1, -0.05) is 18.2 Å². The second-order valence-electron chi connectivity index (χ2n) is 6.56. The molecule has 3 heterocycles. The van der Waals surface area contributed by atoms with Crippen LogP contribution in [0.4, 0.5) is 0 Å². The van der Waals surface area contributed by atoms with Crippen LogP contribution in [0.1, 0.15) is 31.5 Å². The normalized spacial score (nSPS) is 23.4. The third-order valence-electron chi connectivity index (χ3n) is 4.98. The van der Waals surface area contributed by atoms with Crippen molar-refractivity contribution >= 4 is 0 Å². The van der Waals surface area contributed by atoms with E-state index in [4.69, 9.17) is 9.47 Å². The van der Waals surface area contributed by atoms with Crippen molar-refractivity contribution in [2.24, 2.45) is 0 Å². The summed E-state index contributed by atoms with van der Waals surface area (Å²) in [6.07, 6.45) is 4.04. The summed E-state index contributed by atoms with van der Waals surface area (Å²) in [6, 6.07) is 10.4. The second kappa shape index (κ2) is 6.96. The van der Waals surface area contributed by atoms with E-state index in [0.717, 1.165) is 57.0 Å². The van der Waals surface area contributed by atoms with Gasteiger partial charge in [0.05, 0.1) is 17.8 Å². The molecule has 7 heteroatoms. The molecule has 0 radical (unpaired) electrons. The van der Waals surface area contributed by atoms with Crippen LogP contribution in [0.15, 0.2) is 30.3 Å².